The molecule has 0 radical (unpaired) electrons. The summed E-state index contributed by atoms with van der Waals surface area (Å²) in [6, 6.07) is 11.6. The van der Waals surface area contributed by atoms with E-state index < -0.39 is 29.8 Å². The maximum absolute atomic E-state index is 14.1. The van der Waals surface area contributed by atoms with Crippen LogP contribution >= 0.6 is 0 Å². The number of ether oxygens (including phenoxy) is 3. The quantitative estimate of drug-likeness (QED) is 0.358. The summed E-state index contributed by atoms with van der Waals surface area (Å²) in [7, 11) is 1.56. The molecule has 0 bridgehead atoms. The van der Waals surface area contributed by atoms with Crippen LogP contribution in [-0.4, -0.2) is 96.9 Å². The number of benzene rings is 2. The Labute approximate surface area is 253 Å². The highest BCUT2D eigenvalue weighted by Crippen LogP contribution is 2.32. The number of aromatic nitrogens is 2. The summed E-state index contributed by atoms with van der Waals surface area (Å²) in [4.78, 5) is 33.0. The first-order valence-electron chi connectivity index (χ1n) is 14.3. The molecule has 2 saturated heterocycles. The molecule has 236 valence electrons. The second kappa shape index (κ2) is 14.1. The standard InChI is InChI=1S/C30H36F2N6O6/c1-19-28(34-30(40)33-26-17-37(12-13-41-3)44-27(26)21-9-10-24(31)25(32)15-21)38(22-7-5-4-6-8-22)35-29(19)43-18-23-16-36(20(2)39)11-14-42-23/h4-10,15,23,26-27H,11-14,16-18H2,1-3H3,(H2,33,34,40)/t23?,26-,27+/m1/s1. The second-order valence-corrected chi connectivity index (χ2v) is 10.6. The van der Waals surface area contributed by atoms with Crippen molar-refractivity contribution in [1.82, 2.24) is 25.1 Å². The fourth-order valence-corrected chi connectivity index (χ4v) is 5.14. The third kappa shape index (κ3) is 7.33. The molecule has 0 aliphatic carbocycles. The molecule has 2 aliphatic heterocycles. The number of nitrogens with zero attached hydrogens (tertiary/aromatic N) is 4. The maximum atomic E-state index is 14.1. The Morgan fingerprint density at radius 3 is 2.64 bits per heavy atom. The molecule has 1 aromatic heterocycles. The molecule has 1 unspecified atom stereocenters. The lowest BCUT2D eigenvalue weighted by Crippen LogP contribution is -2.46. The van der Waals surface area contributed by atoms with Gasteiger partial charge in [0.2, 0.25) is 11.8 Å². The van der Waals surface area contributed by atoms with E-state index in [1.165, 1.54) is 13.0 Å². The van der Waals surface area contributed by atoms with Crippen molar-refractivity contribution >= 4 is 17.8 Å². The topological polar surface area (TPSA) is 119 Å². The van der Waals surface area contributed by atoms with Crippen molar-refractivity contribution in [3.63, 3.8) is 0 Å². The molecule has 2 aliphatic rings. The van der Waals surface area contributed by atoms with E-state index in [0.717, 1.165) is 12.1 Å². The van der Waals surface area contributed by atoms with E-state index in [9.17, 15) is 18.4 Å². The highest BCUT2D eigenvalue weighted by Gasteiger charge is 2.37. The van der Waals surface area contributed by atoms with Gasteiger partial charge >= 0.3 is 6.03 Å². The van der Waals surface area contributed by atoms with Gasteiger partial charge in [0.15, 0.2) is 11.6 Å². The molecular weight excluding hydrogens is 578 g/mol. The summed E-state index contributed by atoms with van der Waals surface area (Å²) in [5.74, 6) is -1.34. The average molecular weight is 615 g/mol. The zero-order valence-electron chi connectivity index (χ0n) is 24.8. The van der Waals surface area contributed by atoms with Gasteiger partial charge in [0.1, 0.15) is 24.6 Å². The SMILES string of the molecule is COCCN1C[C@@H](NC(=O)Nc2c(C)c(OCC3CN(C(C)=O)CCO3)nn2-c2ccccc2)[C@H](c2ccc(F)c(F)c2)O1. The minimum atomic E-state index is -1.01. The lowest BCUT2D eigenvalue weighted by atomic mass is 10.0. The lowest BCUT2D eigenvalue weighted by molar-refractivity contribution is -0.154. The van der Waals surface area contributed by atoms with Crippen molar-refractivity contribution in [2.75, 3.05) is 58.4 Å². The Hall–Kier alpha value is -4.11. The van der Waals surface area contributed by atoms with E-state index >= 15 is 0 Å². The number of hydroxylamine groups is 2. The molecule has 44 heavy (non-hydrogen) atoms. The summed E-state index contributed by atoms with van der Waals surface area (Å²) < 4.78 is 46.2. The predicted molar refractivity (Wildman–Crippen MR) is 155 cm³/mol. The van der Waals surface area contributed by atoms with Crippen molar-refractivity contribution in [2.45, 2.75) is 32.1 Å². The first-order valence-corrected chi connectivity index (χ1v) is 14.3. The van der Waals surface area contributed by atoms with Crippen LogP contribution in [0.1, 0.15) is 24.2 Å². The highest BCUT2D eigenvalue weighted by atomic mass is 19.2. The van der Waals surface area contributed by atoms with Crippen LogP contribution < -0.4 is 15.4 Å². The van der Waals surface area contributed by atoms with E-state index in [0.29, 0.717) is 61.4 Å². The largest absolute Gasteiger partial charge is 0.474 e. The molecular formula is C30H36F2N6O6. The number of para-hydroxylation sites is 1. The van der Waals surface area contributed by atoms with E-state index in [1.807, 2.05) is 30.3 Å². The average Bonchev–Trinajstić information content (AvgIpc) is 3.56. The van der Waals surface area contributed by atoms with Crippen molar-refractivity contribution in [3.8, 4) is 11.6 Å². The summed E-state index contributed by atoms with van der Waals surface area (Å²) in [6.45, 7) is 5.88. The molecule has 12 nitrogen and oxygen atoms in total. The normalized spacial score (nSPS) is 20.5. The van der Waals surface area contributed by atoms with Gasteiger partial charge in [0.05, 0.1) is 37.1 Å². The molecule has 3 aromatic rings. The van der Waals surface area contributed by atoms with Crippen LogP contribution in [0, 0.1) is 18.6 Å². The first kappa shape index (κ1) is 31.3. The van der Waals surface area contributed by atoms with Gasteiger partial charge in [-0.1, -0.05) is 24.3 Å². The summed E-state index contributed by atoms with van der Waals surface area (Å²) in [5.41, 5.74) is 1.64. The molecule has 0 spiro atoms. The highest BCUT2D eigenvalue weighted by molar-refractivity contribution is 5.90. The Bertz CT molecular complexity index is 1460. The van der Waals surface area contributed by atoms with Crippen LogP contribution in [-0.2, 0) is 19.1 Å². The van der Waals surface area contributed by atoms with Gasteiger partial charge in [0, 0.05) is 33.7 Å². The van der Waals surface area contributed by atoms with Gasteiger partial charge in [-0.15, -0.1) is 5.10 Å². The summed E-state index contributed by atoms with van der Waals surface area (Å²) in [6.07, 6.45) is -1.10. The number of hydrogen-bond acceptors (Lipinski definition) is 8. The number of amides is 3. The van der Waals surface area contributed by atoms with E-state index in [-0.39, 0.29) is 25.2 Å². The number of hydrogen-bond donors (Lipinski definition) is 2. The zero-order chi connectivity index (χ0) is 31.2. The number of urea groups is 1. The number of anilines is 1. The maximum Gasteiger partial charge on any atom is 0.320 e. The molecule has 2 aromatic carbocycles. The van der Waals surface area contributed by atoms with E-state index in [1.54, 1.807) is 28.7 Å². The van der Waals surface area contributed by atoms with Crippen molar-refractivity contribution in [1.29, 1.82) is 0 Å². The molecule has 0 saturated carbocycles. The minimum Gasteiger partial charge on any atom is -0.474 e. The van der Waals surface area contributed by atoms with Crippen LogP contribution in [0.4, 0.5) is 19.4 Å². The molecule has 3 heterocycles. The van der Waals surface area contributed by atoms with Crippen LogP contribution in [0.3, 0.4) is 0 Å². The Morgan fingerprint density at radius 1 is 1.11 bits per heavy atom. The summed E-state index contributed by atoms with van der Waals surface area (Å²) >= 11 is 0. The predicted octanol–water partition coefficient (Wildman–Crippen LogP) is 3.21. The van der Waals surface area contributed by atoms with Crippen molar-refractivity contribution < 1.29 is 37.4 Å². The van der Waals surface area contributed by atoms with Gasteiger partial charge in [-0.2, -0.15) is 5.06 Å². The number of carbonyl (C=O) groups excluding carboxylic acids is 2. The molecule has 2 fully saturated rings. The fraction of sp³-hybridized carbons (Fsp3) is 0.433. The number of nitrogens with one attached hydrogen (secondary N) is 2. The van der Waals surface area contributed by atoms with E-state index in [4.69, 9.17) is 19.0 Å². The van der Waals surface area contributed by atoms with Gasteiger partial charge in [-0.3, -0.25) is 14.9 Å². The van der Waals surface area contributed by atoms with Crippen LogP contribution in [0.25, 0.3) is 5.69 Å². The number of rotatable bonds is 10. The third-order valence-electron chi connectivity index (χ3n) is 7.46. The zero-order valence-corrected chi connectivity index (χ0v) is 24.8. The lowest BCUT2D eigenvalue weighted by Gasteiger charge is -2.31. The Morgan fingerprint density at radius 2 is 1.91 bits per heavy atom. The smallest absolute Gasteiger partial charge is 0.320 e. The van der Waals surface area contributed by atoms with Gasteiger partial charge in [0.25, 0.3) is 0 Å². The summed E-state index contributed by atoms with van der Waals surface area (Å²) in [5, 5.41) is 12.0. The third-order valence-corrected chi connectivity index (χ3v) is 7.46. The van der Waals surface area contributed by atoms with Crippen LogP contribution in [0.2, 0.25) is 0 Å². The molecule has 5 rings (SSSR count). The molecule has 2 N–H and O–H groups in total. The molecule has 3 atom stereocenters. The van der Waals surface area contributed by atoms with Gasteiger partial charge < -0.3 is 24.4 Å². The fourth-order valence-electron chi connectivity index (χ4n) is 5.14. The minimum absolute atomic E-state index is 0.0263. The number of morpholine rings is 1. The number of methoxy groups -OCH3 is 1. The Balaban J connectivity index is 1.34. The van der Waals surface area contributed by atoms with Gasteiger partial charge in [-0.05, 0) is 36.8 Å². The van der Waals surface area contributed by atoms with Crippen molar-refractivity contribution in [3.05, 3.63) is 71.3 Å². The molecule has 3 amide bonds. The van der Waals surface area contributed by atoms with Crippen LogP contribution in [0.5, 0.6) is 5.88 Å². The first-order chi connectivity index (χ1) is 21.2. The van der Waals surface area contributed by atoms with Gasteiger partial charge in [-0.25, -0.2) is 18.3 Å². The Kier molecular flexibility index (Phi) is 10.0. The molecule has 14 heteroatoms. The monoisotopic (exact) mass is 614 g/mol. The second-order valence-electron chi connectivity index (χ2n) is 10.6. The van der Waals surface area contributed by atoms with Crippen molar-refractivity contribution in [2.24, 2.45) is 0 Å². The van der Waals surface area contributed by atoms with Crippen LogP contribution in [0.15, 0.2) is 48.5 Å². The van der Waals surface area contributed by atoms with E-state index in [2.05, 4.69) is 15.7 Å². The number of carbonyl (C=O) groups is 2. The number of halogens is 2.